The first-order chi connectivity index (χ1) is 11.2. The van der Waals surface area contributed by atoms with E-state index in [9.17, 15) is 4.79 Å². The number of urea groups is 1. The van der Waals surface area contributed by atoms with Gasteiger partial charge in [0.1, 0.15) is 0 Å². The van der Waals surface area contributed by atoms with E-state index in [4.69, 9.17) is 4.74 Å². The third-order valence-corrected chi connectivity index (χ3v) is 6.04. The smallest absolute Gasteiger partial charge is 0.315 e. The second-order valence-electron chi connectivity index (χ2n) is 6.91. The molecule has 6 heteroatoms. The van der Waals surface area contributed by atoms with E-state index in [0.29, 0.717) is 6.54 Å². The maximum Gasteiger partial charge on any atom is 0.315 e. The van der Waals surface area contributed by atoms with Gasteiger partial charge in [0.15, 0.2) is 0 Å². The molecule has 128 valence electrons. The van der Waals surface area contributed by atoms with Gasteiger partial charge in [-0.25, -0.2) is 9.78 Å². The van der Waals surface area contributed by atoms with Crippen molar-refractivity contribution in [2.75, 3.05) is 13.2 Å². The van der Waals surface area contributed by atoms with E-state index >= 15 is 0 Å². The molecule has 1 spiro atoms. The standard InChI is InChI=1S/C17H27N3O2S/c1-13(15-18-8-10-23-15)12-19-16(21)20-14-5-9-22-17(11-14)6-3-2-4-7-17/h8,10,13-14H,2-7,9,11-12H2,1H3,(H2,19,20,21). The highest BCUT2D eigenvalue weighted by Crippen LogP contribution is 2.38. The van der Waals surface area contributed by atoms with Gasteiger partial charge < -0.3 is 15.4 Å². The Morgan fingerprint density at radius 2 is 2.30 bits per heavy atom. The minimum atomic E-state index is -0.0636. The van der Waals surface area contributed by atoms with Crippen molar-refractivity contribution >= 4 is 17.4 Å². The summed E-state index contributed by atoms with van der Waals surface area (Å²) in [6.07, 6.45) is 9.80. The van der Waals surface area contributed by atoms with Gasteiger partial charge in [0.05, 0.1) is 10.6 Å². The summed E-state index contributed by atoms with van der Waals surface area (Å²) in [7, 11) is 0. The van der Waals surface area contributed by atoms with Crippen LogP contribution in [0.5, 0.6) is 0 Å². The molecule has 2 N–H and O–H groups in total. The summed E-state index contributed by atoms with van der Waals surface area (Å²) in [5.41, 5.74) is 0.0304. The lowest BCUT2D eigenvalue weighted by Gasteiger charge is -2.43. The molecule has 3 rings (SSSR count). The Balaban J connectivity index is 1.44. The molecule has 1 aromatic heterocycles. The van der Waals surface area contributed by atoms with Gasteiger partial charge in [-0.3, -0.25) is 0 Å². The second-order valence-corrected chi connectivity index (χ2v) is 7.83. The lowest BCUT2D eigenvalue weighted by Crippen LogP contribution is -2.51. The lowest BCUT2D eigenvalue weighted by molar-refractivity contribution is -0.107. The van der Waals surface area contributed by atoms with Crippen LogP contribution in [-0.4, -0.2) is 35.8 Å². The summed E-state index contributed by atoms with van der Waals surface area (Å²) >= 11 is 1.63. The molecule has 0 radical (unpaired) electrons. The molecule has 5 nitrogen and oxygen atoms in total. The number of ether oxygens (including phenoxy) is 1. The van der Waals surface area contributed by atoms with Gasteiger partial charge in [-0.2, -0.15) is 0 Å². The fourth-order valence-corrected chi connectivity index (χ4v) is 4.44. The number of nitrogens with one attached hydrogen (secondary N) is 2. The molecule has 1 saturated carbocycles. The van der Waals surface area contributed by atoms with Crippen LogP contribution in [0.15, 0.2) is 11.6 Å². The molecule has 2 heterocycles. The number of carbonyl (C=O) groups is 1. The monoisotopic (exact) mass is 337 g/mol. The zero-order chi connectivity index (χ0) is 16.1. The predicted molar refractivity (Wildman–Crippen MR) is 91.9 cm³/mol. The molecule has 2 unspecified atom stereocenters. The summed E-state index contributed by atoms with van der Waals surface area (Å²) < 4.78 is 6.09. The van der Waals surface area contributed by atoms with Crippen molar-refractivity contribution in [3.05, 3.63) is 16.6 Å². The van der Waals surface area contributed by atoms with Crippen molar-refractivity contribution in [3.8, 4) is 0 Å². The Kier molecular flexibility index (Phi) is 5.54. The first-order valence-electron chi connectivity index (χ1n) is 8.75. The van der Waals surface area contributed by atoms with Crippen LogP contribution in [0.3, 0.4) is 0 Å². The van der Waals surface area contributed by atoms with Gasteiger partial charge in [0.2, 0.25) is 0 Å². The van der Waals surface area contributed by atoms with Crippen LogP contribution in [0.2, 0.25) is 0 Å². The summed E-state index contributed by atoms with van der Waals surface area (Å²) in [5.74, 6) is 0.250. The zero-order valence-corrected chi connectivity index (χ0v) is 14.7. The average molecular weight is 337 g/mol. The summed E-state index contributed by atoms with van der Waals surface area (Å²) in [6, 6.07) is 0.170. The Bertz CT molecular complexity index is 494. The number of aromatic nitrogens is 1. The number of nitrogens with zero attached hydrogens (tertiary/aromatic N) is 1. The molecule has 2 amide bonds. The summed E-state index contributed by atoms with van der Waals surface area (Å²) in [6.45, 7) is 3.47. The molecule has 2 aliphatic rings. The van der Waals surface area contributed by atoms with Crippen molar-refractivity contribution in [3.63, 3.8) is 0 Å². The topological polar surface area (TPSA) is 63.2 Å². The molecule has 23 heavy (non-hydrogen) atoms. The van der Waals surface area contributed by atoms with Crippen molar-refractivity contribution in [2.45, 2.75) is 69.4 Å². The van der Waals surface area contributed by atoms with Gasteiger partial charge in [0, 0.05) is 36.7 Å². The number of hydrogen-bond donors (Lipinski definition) is 2. The molecule has 2 atom stereocenters. The van der Waals surface area contributed by atoms with Gasteiger partial charge in [-0.1, -0.05) is 26.2 Å². The molecule has 1 aromatic rings. The molecular weight excluding hydrogens is 310 g/mol. The van der Waals surface area contributed by atoms with Crippen molar-refractivity contribution in [1.29, 1.82) is 0 Å². The Hall–Kier alpha value is -1.14. The maximum absolute atomic E-state index is 12.2. The van der Waals surface area contributed by atoms with E-state index in [1.54, 1.807) is 11.3 Å². The summed E-state index contributed by atoms with van der Waals surface area (Å²) in [4.78, 5) is 16.5. The third kappa shape index (κ3) is 4.44. The molecule has 1 aliphatic carbocycles. The fourth-order valence-electron chi connectivity index (χ4n) is 3.74. The molecule has 0 bridgehead atoms. The van der Waals surface area contributed by atoms with Gasteiger partial charge in [-0.05, 0) is 25.7 Å². The first kappa shape index (κ1) is 16.7. The highest BCUT2D eigenvalue weighted by Gasteiger charge is 2.38. The Morgan fingerprint density at radius 3 is 3.04 bits per heavy atom. The van der Waals surface area contributed by atoms with Crippen molar-refractivity contribution in [1.82, 2.24) is 15.6 Å². The van der Waals surface area contributed by atoms with E-state index in [0.717, 1.165) is 37.3 Å². The highest BCUT2D eigenvalue weighted by atomic mass is 32.1. The molecule has 1 aliphatic heterocycles. The average Bonchev–Trinajstić information content (AvgIpc) is 3.08. The number of hydrogen-bond acceptors (Lipinski definition) is 4. The minimum Gasteiger partial charge on any atom is -0.375 e. The molecule has 0 aromatic carbocycles. The van der Waals surface area contributed by atoms with E-state index in [-0.39, 0.29) is 23.6 Å². The zero-order valence-electron chi connectivity index (χ0n) is 13.8. The van der Waals surface area contributed by atoms with Crippen molar-refractivity contribution in [2.24, 2.45) is 0 Å². The van der Waals surface area contributed by atoms with Crippen LogP contribution in [0.4, 0.5) is 4.79 Å². The van der Waals surface area contributed by atoms with Crippen LogP contribution >= 0.6 is 11.3 Å². The lowest BCUT2D eigenvalue weighted by atomic mass is 9.78. The Labute approximate surface area is 142 Å². The third-order valence-electron chi connectivity index (χ3n) is 5.03. The van der Waals surface area contributed by atoms with E-state index in [1.165, 1.54) is 19.3 Å². The minimum absolute atomic E-state index is 0.0304. The highest BCUT2D eigenvalue weighted by molar-refractivity contribution is 7.09. The quantitative estimate of drug-likeness (QED) is 0.885. The van der Waals surface area contributed by atoms with Crippen LogP contribution < -0.4 is 10.6 Å². The number of carbonyl (C=O) groups excluding carboxylic acids is 1. The van der Waals surface area contributed by atoms with E-state index in [1.807, 2.05) is 11.6 Å². The SMILES string of the molecule is CC(CNC(=O)NC1CCOC2(CCCCC2)C1)c1nccs1. The number of rotatable bonds is 4. The molecular formula is C17H27N3O2S. The normalized spacial score (nSPS) is 25.0. The van der Waals surface area contributed by atoms with Crippen LogP contribution in [0, 0.1) is 0 Å². The number of thiazole rings is 1. The van der Waals surface area contributed by atoms with E-state index in [2.05, 4.69) is 22.5 Å². The van der Waals surface area contributed by atoms with Crippen LogP contribution in [0.1, 0.15) is 62.8 Å². The predicted octanol–water partition coefficient (Wildman–Crippen LogP) is 3.43. The van der Waals surface area contributed by atoms with Gasteiger partial charge in [-0.15, -0.1) is 11.3 Å². The fraction of sp³-hybridized carbons (Fsp3) is 0.765. The largest absolute Gasteiger partial charge is 0.375 e. The second kappa shape index (κ2) is 7.62. The Morgan fingerprint density at radius 1 is 1.48 bits per heavy atom. The molecule has 2 fully saturated rings. The number of amides is 2. The first-order valence-corrected chi connectivity index (χ1v) is 9.63. The van der Waals surface area contributed by atoms with Gasteiger partial charge >= 0.3 is 6.03 Å². The molecule has 1 saturated heterocycles. The van der Waals surface area contributed by atoms with Crippen LogP contribution in [-0.2, 0) is 4.74 Å². The van der Waals surface area contributed by atoms with Gasteiger partial charge in [0.25, 0.3) is 0 Å². The van der Waals surface area contributed by atoms with E-state index < -0.39 is 0 Å². The van der Waals surface area contributed by atoms with Crippen molar-refractivity contribution < 1.29 is 9.53 Å². The van der Waals surface area contributed by atoms with Crippen LogP contribution in [0.25, 0.3) is 0 Å². The summed E-state index contributed by atoms with van der Waals surface area (Å²) in [5, 5.41) is 9.17. The maximum atomic E-state index is 12.2.